The molecule has 0 radical (unpaired) electrons. The maximum absolute atomic E-state index is 14.0. The van der Waals surface area contributed by atoms with Crippen molar-refractivity contribution >= 4 is 29.5 Å². The minimum Gasteiger partial charge on any atom is -0.444 e. The molecule has 2 heterocycles. The van der Waals surface area contributed by atoms with E-state index in [9.17, 15) is 24.3 Å². The Morgan fingerprint density at radius 1 is 1.14 bits per heavy atom. The molecule has 1 aromatic carbocycles. The van der Waals surface area contributed by atoms with E-state index in [-0.39, 0.29) is 43.0 Å². The van der Waals surface area contributed by atoms with Gasteiger partial charge in [-0.2, -0.15) is 0 Å². The van der Waals surface area contributed by atoms with E-state index in [4.69, 9.17) is 4.74 Å². The van der Waals surface area contributed by atoms with Gasteiger partial charge in [-0.25, -0.2) is 4.79 Å². The fraction of sp³-hybridized carbons (Fsp3) is 0.706. The summed E-state index contributed by atoms with van der Waals surface area (Å²) in [5.74, 6) is -0.546. The Balaban J connectivity index is 1.75. The van der Waals surface area contributed by atoms with Gasteiger partial charge in [-0.15, -0.1) is 0 Å². The van der Waals surface area contributed by atoms with Gasteiger partial charge in [-0.3, -0.25) is 14.4 Å². The van der Waals surface area contributed by atoms with Crippen molar-refractivity contribution in [3.63, 3.8) is 0 Å². The van der Waals surface area contributed by atoms with E-state index in [1.165, 1.54) is 0 Å². The number of unbranched alkanes of at least 4 members (excludes halogenated alkanes) is 1. The first-order valence-electron chi connectivity index (χ1n) is 16.2. The molecule has 0 saturated carbocycles. The number of hydrogen-bond donors (Lipinski definition) is 3. The lowest BCUT2D eigenvalue weighted by Crippen LogP contribution is -2.52. The van der Waals surface area contributed by atoms with Crippen molar-refractivity contribution in [1.82, 2.24) is 15.5 Å². The van der Waals surface area contributed by atoms with Crippen LogP contribution in [0.15, 0.2) is 24.3 Å². The average molecular weight is 615 g/mol. The maximum atomic E-state index is 14.0. The van der Waals surface area contributed by atoms with Crippen molar-refractivity contribution in [3.8, 4) is 0 Å². The minimum atomic E-state index is -1.04. The molecule has 44 heavy (non-hydrogen) atoms. The summed E-state index contributed by atoms with van der Waals surface area (Å²) < 4.78 is 5.49. The number of alkyl carbamates (subject to hydrolysis) is 1. The predicted molar refractivity (Wildman–Crippen MR) is 171 cm³/mol. The Morgan fingerprint density at radius 3 is 2.48 bits per heavy atom. The summed E-state index contributed by atoms with van der Waals surface area (Å²) in [7, 11) is 0. The van der Waals surface area contributed by atoms with Crippen LogP contribution in [0, 0.1) is 11.3 Å². The molecule has 1 aromatic rings. The monoisotopic (exact) mass is 614 g/mol. The molecule has 4 atom stereocenters. The fourth-order valence-corrected chi connectivity index (χ4v) is 6.18. The van der Waals surface area contributed by atoms with Crippen molar-refractivity contribution in [2.24, 2.45) is 11.3 Å². The number of likely N-dealkylation sites (tertiary alicyclic amines) is 1. The average Bonchev–Trinajstić information content (AvgIpc) is 3.36. The molecule has 1 fully saturated rings. The molecule has 1 saturated heterocycles. The number of aliphatic hydroxyl groups is 1. The van der Waals surface area contributed by atoms with E-state index in [0.717, 1.165) is 30.5 Å². The number of ether oxygens (including phenoxy) is 1. The topological polar surface area (TPSA) is 128 Å². The van der Waals surface area contributed by atoms with Crippen LogP contribution in [-0.2, 0) is 25.5 Å². The van der Waals surface area contributed by atoms with Crippen molar-refractivity contribution in [2.75, 3.05) is 24.5 Å². The van der Waals surface area contributed by atoms with Gasteiger partial charge in [0.2, 0.25) is 17.7 Å². The largest absolute Gasteiger partial charge is 0.444 e. The van der Waals surface area contributed by atoms with Crippen LogP contribution in [-0.4, -0.2) is 77.2 Å². The van der Waals surface area contributed by atoms with Crippen LogP contribution in [0.2, 0.25) is 0 Å². The third kappa shape index (κ3) is 10.2. The number of para-hydroxylation sites is 1. The van der Waals surface area contributed by atoms with Crippen LogP contribution in [0.3, 0.4) is 0 Å². The lowest BCUT2D eigenvalue weighted by atomic mass is 9.79. The highest BCUT2D eigenvalue weighted by atomic mass is 16.6. The number of nitrogens with zero attached hydrogens (tertiary/aromatic N) is 2. The van der Waals surface area contributed by atoms with E-state index < -0.39 is 35.2 Å². The highest BCUT2D eigenvalue weighted by molar-refractivity contribution is 5.95. The summed E-state index contributed by atoms with van der Waals surface area (Å²) >= 11 is 0. The molecule has 2 aliphatic heterocycles. The van der Waals surface area contributed by atoms with Gasteiger partial charge in [0, 0.05) is 44.1 Å². The number of hydrogen-bond acceptors (Lipinski definition) is 6. The first kappa shape index (κ1) is 35.3. The molecule has 0 bridgehead atoms. The van der Waals surface area contributed by atoms with E-state index in [1.807, 2.05) is 43.0 Å². The Kier molecular flexibility index (Phi) is 12.2. The summed E-state index contributed by atoms with van der Waals surface area (Å²) in [6.07, 6.45) is 2.84. The maximum Gasteiger partial charge on any atom is 0.407 e. The minimum absolute atomic E-state index is 0.0691. The van der Waals surface area contributed by atoms with E-state index in [0.29, 0.717) is 32.5 Å². The second-order valence-corrected chi connectivity index (χ2v) is 14.3. The van der Waals surface area contributed by atoms with Crippen LogP contribution < -0.4 is 15.5 Å². The van der Waals surface area contributed by atoms with Crippen molar-refractivity contribution in [1.29, 1.82) is 0 Å². The van der Waals surface area contributed by atoms with E-state index in [2.05, 4.69) is 17.6 Å². The second-order valence-electron chi connectivity index (χ2n) is 14.3. The zero-order valence-corrected chi connectivity index (χ0v) is 27.8. The number of carbonyl (C=O) groups excluding carboxylic acids is 4. The number of fused-ring (bicyclic) bond motifs is 1. The van der Waals surface area contributed by atoms with Gasteiger partial charge in [0.15, 0.2) is 0 Å². The van der Waals surface area contributed by atoms with E-state index in [1.54, 1.807) is 32.6 Å². The van der Waals surface area contributed by atoms with E-state index >= 15 is 0 Å². The van der Waals surface area contributed by atoms with Gasteiger partial charge in [0.25, 0.3) is 0 Å². The molecular weight excluding hydrogens is 560 g/mol. The lowest BCUT2D eigenvalue weighted by Gasteiger charge is -2.40. The van der Waals surface area contributed by atoms with Crippen LogP contribution in [0.4, 0.5) is 10.5 Å². The summed E-state index contributed by atoms with van der Waals surface area (Å²) in [5.41, 5.74) is 0.547. The molecule has 0 spiro atoms. The Labute approximate surface area is 263 Å². The number of amides is 4. The smallest absolute Gasteiger partial charge is 0.407 e. The van der Waals surface area contributed by atoms with Crippen LogP contribution in [0.1, 0.15) is 99.0 Å². The SMILES string of the molecule is CCCCNC(=O)[C@H](C)C[C@H](O)[C@H](CC(C)(C)CC(=O)N1CC(N2CCCC2=O)Cc2ccccc21)NC(=O)OC(C)(C)C. The number of anilines is 1. The number of nitrogens with one attached hydrogen (secondary N) is 2. The first-order chi connectivity index (χ1) is 20.6. The molecule has 246 valence electrons. The van der Waals surface area contributed by atoms with Gasteiger partial charge >= 0.3 is 6.09 Å². The molecule has 0 aliphatic carbocycles. The number of aliphatic hydroxyl groups excluding tert-OH is 1. The number of benzene rings is 1. The zero-order chi connectivity index (χ0) is 32.7. The standard InChI is InChI=1S/C34H54N4O6/c1-8-9-16-35-31(42)23(2)18-28(39)26(36-32(43)44-33(3,4)5)20-34(6,7)21-30(41)38-22-25(37-17-12-15-29(37)40)19-24-13-10-11-14-27(24)38/h10-11,13-14,23,25-26,28,39H,8-9,12,15-22H2,1-7H3,(H,35,42)(H,36,43)/t23-,25?,26+,28+/m1/s1. The van der Waals surface area contributed by atoms with Gasteiger partial charge in [-0.05, 0) is 69.9 Å². The van der Waals surface area contributed by atoms with Crippen molar-refractivity contribution in [2.45, 2.75) is 124 Å². The summed E-state index contributed by atoms with van der Waals surface area (Å²) in [5, 5.41) is 17.1. The van der Waals surface area contributed by atoms with Crippen molar-refractivity contribution < 1.29 is 29.0 Å². The normalized spacial score (nSPS) is 19.2. The Morgan fingerprint density at radius 2 is 1.84 bits per heavy atom. The quantitative estimate of drug-likeness (QED) is 0.279. The summed E-state index contributed by atoms with van der Waals surface area (Å²) in [6, 6.07) is 7.03. The molecule has 0 aromatic heterocycles. The number of carbonyl (C=O) groups is 4. The molecule has 1 unspecified atom stereocenters. The molecule has 10 heteroatoms. The molecule has 4 amide bonds. The lowest BCUT2D eigenvalue weighted by molar-refractivity contribution is -0.130. The molecule has 2 aliphatic rings. The van der Waals surface area contributed by atoms with Gasteiger partial charge in [-0.1, -0.05) is 52.3 Å². The highest BCUT2D eigenvalue weighted by Gasteiger charge is 2.38. The summed E-state index contributed by atoms with van der Waals surface area (Å²) in [4.78, 5) is 55.7. The highest BCUT2D eigenvalue weighted by Crippen LogP contribution is 2.35. The molecule has 10 nitrogen and oxygen atoms in total. The molecule has 3 N–H and O–H groups in total. The van der Waals surface area contributed by atoms with Gasteiger partial charge < -0.3 is 30.3 Å². The second kappa shape index (κ2) is 15.2. The summed E-state index contributed by atoms with van der Waals surface area (Å²) in [6.45, 7) is 14.7. The number of rotatable bonds is 13. The van der Waals surface area contributed by atoms with Gasteiger partial charge in [0.1, 0.15) is 5.60 Å². The molecule has 3 rings (SSSR count). The Hall–Kier alpha value is -3.14. The fourth-order valence-electron chi connectivity index (χ4n) is 6.18. The molecular formula is C34H54N4O6. The van der Waals surface area contributed by atoms with Crippen LogP contribution in [0.25, 0.3) is 0 Å². The third-order valence-electron chi connectivity index (χ3n) is 8.42. The van der Waals surface area contributed by atoms with Crippen LogP contribution >= 0.6 is 0 Å². The zero-order valence-electron chi connectivity index (χ0n) is 27.8. The Bertz CT molecular complexity index is 1160. The van der Waals surface area contributed by atoms with Crippen molar-refractivity contribution in [3.05, 3.63) is 29.8 Å². The van der Waals surface area contributed by atoms with Crippen LogP contribution in [0.5, 0.6) is 0 Å². The third-order valence-corrected chi connectivity index (χ3v) is 8.42. The van der Waals surface area contributed by atoms with Gasteiger partial charge in [0.05, 0.1) is 18.2 Å². The first-order valence-corrected chi connectivity index (χ1v) is 16.2. The predicted octanol–water partition coefficient (Wildman–Crippen LogP) is 4.57.